The van der Waals surface area contributed by atoms with Crippen molar-refractivity contribution in [2.24, 2.45) is 0 Å². The number of aliphatic hydroxyl groups is 1. The van der Waals surface area contributed by atoms with Gasteiger partial charge in [-0.15, -0.1) is 0 Å². The van der Waals surface area contributed by atoms with Gasteiger partial charge in [-0.3, -0.25) is 14.0 Å². The summed E-state index contributed by atoms with van der Waals surface area (Å²) >= 11 is 0. The van der Waals surface area contributed by atoms with E-state index in [4.69, 9.17) is 0 Å². The van der Waals surface area contributed by atoms with Crippen molar-refractivity contribution in [2.45, 2.75) is 11.3 Å². The van der Waals surface area contributed by atoms with E-state index in [2.05, 4.69) is 21.9 Å². The van der Waals surface area contributed by atoms with Crippen LogP contribution < -0.4 is 4.90 Å². The molecular weight excluding hydrogens is 474 g/mol. The Balaban J connectivity index is 1.35. The molecule has 0 atom stereocenters. The van der Waals surface area contributed by atoms with Crippen LogP contribution in [0.15, 0.2) is 95.5 Å². The molecule has 1 saturated heterocycles. The Labute approximate surface area is 211 Å². The second kappa shape index (κ2) is 10.2. The second-order valence-corrected chi connectivity index (χ2v) is 10.8. The maximum atomic E-state index is 13.6. The minimum absolute atomic E-state index is 0.0175. The van der Waals surface area contributed by atoms with Gasteiger partial charge in [-0.2, -0.15) is 0 Å². The fourth-order valence-corrected chi connectivity index (χ4v) is 6.56. The van der Waals surface area contributed by atoms with Crippen LogP contribution in [0.3, 0.4) is 0 Å². The average Bonchev–Trinajstić information content (AvgIpc) is 2.93. The van der Waals surface area contributed by atoms with Gasteiger partial charge in [-0.25, -0.2) is 8.42 Å². The van der Waals surface area contributed by atoms with Gasteiger partial charge in [-0.1, -0.05) is 60.7 Å². The number of aliphatic hydroxyl groups excluding tert-OH is 1. The summed E-state index contributed by atoms with van der Waals surface area (Å²) in [5.41, 5.74) is 1.51. The fraction of sp³-hybridized carbons (Fsp3) is 0.250. The number of nitrogens with zero attached hydrogens (tertiary/aromatic N) is 3. The first-order chi connectivity index (χ1) is 17.5. The molecule has 0 radical (unpaired) electrons. The van der Waals surface area contributed by atoms with E-state index in [-0.39, 0.29) is 28.5 Å². The van der Waals surface area contributed by atoms with E-state index in [0.717, 1.165) is 30.5 Å². The molecule has 0 unspecified atom stereocenters. The van der Waals surface area contributed by atoms with Crippen molar-refractivity contribution in [3.63, 3.8) is 0 Å². The third-order valence-corrected chi connectivity index (χ3v) is 8.62. The quantitative estimate of drug-likeness (QED) is 0.404. The highest BCUT2D eigenvalue weighted by molar-refractivity contribution is 7.89. The van der Waals surface area contributed by atoms with Gasteiger partial charge in [0.15, 0.2) is 5.76 Å². The van der Waals surface area contributed by atoms with E-state index in [0.29, 0.717) is 18.5 Å². The molecule has 3 aromatic rings. The Morgan fingerprint density at radius 3 is 2.08 bits per heavy atom. The summed E-state index contributed by atoms with van der Waals surface area (Å²) in [5, 5.41) is 11.1. The molecule has 2 aliphatic rings. The predicted molar refractivity (Wildman–Crippen MR) is 140 cm³/mol. The summed E-state index contributed by atoms with van der Waals surface area (Å²) in [6, 6.07) is 25.1. The van der Waals surface area contributed by atoms with Crippen LogP contribution in [0.5, 0.6) is 0 Å². The lowest BCUT2D eigenvalue weighted by Gasteiger charge is -2.37. The van der Waals surface area contributed by atoms with Crippen LogP contribution >= 0.6 is 0 Å². The van der Waals surface area contributed by atoms with Crippen molar-refractivity contribution in [3.8, 4) is 0 Å². The molecule has 36 heavy (non-hydrogen) atoms. The molecule has 2 aliphatic heterocycles. The van der Waals surface area contributed by atoms with Crippen LogP contribution in [-0.4, -0.2) is 67.8 Å². The first kappa shape index (κ1) is 24.1. The van der Waals surface area contributed by atoms with Gasteiger partial charge in [0.1, 0.15) is 5.70 Å². The number of Topliss-reactive ketones (excluding diaryl/α,β-unsaturated/α-hetero) is 1. The maximum Gasteiger partial charge on any atom is 0.265 e. The number of carbonyl (C=O) groups is 1. The standard InChI is InChI=1S/C28H29N3O4S/c32-27(22-10-3-1-4-11-22)26-28(33)24-14-7-8-15-25(24)36(34,35)31(26)17-9-16-29-18-20-30(21-19-29)23-12-5-2-6-13-23/h1-8,10-15,32H,9,16-21H2. The number of anilines is 1. The van der Waals surface area contributed by atoms with Crippen molar-refractivity contribution < 1.29 is 18.3 Å². The number of allylic oxidation sites excluding steroid dienone is 1. The molecule has 1 N–H and O–H groups in total. The van der Waals surface area contributed by atoms with E-state index in [1.165, 1.54) is 17.8 Å². The van der Waals surface area contributed by atoms with E-state index in [1.807, 2.05) is 18.2 Å². The lowest BCUT2D eigenvalue weighted by Crippen LogP contribution is -2.47. The lowest BCUT2D eigenvalue weighted by molar-refractivity contribution is 0.0997. The molecule has 1 fully saturated rings. The van der Waals surface area contributed by atoms with Crippen LogP contribution in [0.4, 0.5) is 5.69 Å². The molecule has 3 aromatic carbocycles. The highest BCUT2D eigenvalue weighted by atomic mass is 32.2. The van der Waals surface area contributed by atoms with Crippen molar-refractivity contribution in [1.29, 1.82) is 0 Å². The van der Waals surface area contributed by atoms with E-state index < -0.39 is 15.8 Å². The lowest BCUT2D eigenvalue weighted by atomic mass is 10.0. The zero-order valence-electron chi connectivity index (χ0n) is 20.0. The summed E-state index contributed by atoms with van der Waals surface area (Å²) in [6.07, 6.45) is 0.533. The molecule has 0 amide bonds. The third kappa shape index (κ3) is 4.62. The molecule has 0 aliphatic carbocycles. The highest BCUT2D eigenvalue weighted by Crippen LogP contribution is 2.35. The summed E-state index contributed by atoms with van der Waals surface area (Å²) in [7, 11) is -4.00. The van der Waals surface area contributed by atoms with E-state index >= 15 is 0 Å². The van der Waals surface area contributed by atoms with Crippen LogP contribution in [0.1, 0.15) is 22.3 Å². The number of hydrogen-bond acceptors (Lipinski definition) is 6. The smallest absolute Gasteiger partial charge is 0.265 e. The zero-order chi connectivity index (χ0) is 25.1. The van der Waals surface area contributed by atoms with Gasteiger partial charge in [-0.05, 0) is 30.7 Å². The second-order valence-electron chi connectivity index (χ2n) is 8.98. The van der Waals surface area contributed by atoms with E-state index in [9.17, 15) is 18.3 Å². The van der Waals surface area contributed by atoms with Crippen LogP contribution in [0.2, 0.25) is 0 Å². The molecule has 8 heteroatoms. The molecule has 2 heterocycles. The first-order valence-electron chi connectivity index (χ1n) is 12.1. The minimum Gasteiger partial charge on any atom is -0.505 e. The van der Waals surface area contributed by atoms with Gasteiger partial charge < -0.3 is 10.0 Å². The Bertz CT molecular complexity index is 1370. The normalized spacial score (nSPS) is 19.2. The first-order valence-corrected chi connectivity index (χ1v) is 13.6. The largest absolute Gasteiger partial charge is 0.505 e. The van der Waals surface area contributed by atoms with Crippen LogP contribution in [-0.2, 0) is 10.0 Å². The highest BCUT2D eigenvalue weighted by Gasteiger charge is 2.41. The summed E-state index contributed by atoms with van der Waals surface area (Å²) in [5.74, 6) is -0.812. The molecule has 5 rings (SSSR count). The number of sulfonamides is 1. The topological polar surface area (TPSA) is 81.2 Å². The monoisotopic (exact) mass is 503 g/mol. The molecular formula is C28H29N3O4S. The average molecular weight is 504 g/mol. The SMILES string of the molecule is O=C1C(=C(O)c2ccccc2)N(CCCN2CCN(c3ccccc3)CC2)S(=O)(=O)c2ccccc21. The van der Waals surface area contributed by atoms with Crippen molar-refractivity contribution >= 4 is 27.3 Å². The summed E-state index contributed by atoms with van der Waals surface area (Å²) in [6.45, 7) is 4.36. The number of fused-ring (bicyclic) bond motifs is 1. The summed E-state index contributed by atoms with van der Waals surface area (Å²) in [4.78, 5) is 18.1. The molecule has 0 spiro atoms. The number of piperazine rings is 1. The molecule has 0 saturated carbocycles. The number of rotatable bonds is 6. The molecule has 0 bridgehead atoms. The number of para-hydroxylation sites is 1. The predicted octanol–water partition coefficient (Wildman–Crippen LogP) is 4.01. The van der Waals surface area contributed by atoms with E-state index in [1.54, 1.807) is 42.5 Å². The molecule has 0 aromatic heterocycles. The van der Waals surface area contributed by atoms with Gasteiger partial charge >= 0.3 is 0 Å². The van der Waals surface area contributed by atoms with Crippen molar-refractivity contribution in [3.05, 3.63) is 102 Å². The van der Waals surface area contributed by atoms with Crippen LogP contribution in [0, 0.1) is 0 Å². The Morgan fingerprint density at radius 1 is 0.778 bits per heavy atom. The van der Waals surface area contributed by atoms with Crippen molar-refractivity contribution in [2.75, 3.05) is 44.2 Å². The fourth-order valence-electron chi connectivity index (χ4n) is 4.86. The Hall–Kier alpha value is -3.62. The summed E-state index contributed by atoms with van der Waals surface area (Å²) < 4.78 is 28.3. The molecule has 186 valence electrons. The zero-order valence-corrected chi connectivity index (χ0v) is 20.8. The number of benzene rings is 3. The van der Waals surface area contributed by atoms with Gasteiger partial charge in [0.05, 0.1) is 4.90 Å². The van der Waals surface area contributed by atoms with Crippen LogP contribution in [0.25, 0.3) is 5.76 Å². The van der Waals surface area contributed by atoms with Gasteiger partial charge in [0, 0.05) is 56.1 Å². The number of ketones is 1. The number of hydrogen-bond donors (Lipinski definition) is 1. The maximum absolute atomic E-state index is 13.6. The number of carbonyl (C=O) groups excluding carboxylic acids is 1. The van der Waals surface area contributed by atoms with Crippen molar-refractivity contribution in [1.82, 2.24) is 9.21 Å². The van der Waals surface area contributed by atoms with Gasteiger partial charge in [0.2, 0.25) is 5.78 Å². The Morgan fingerprint density at radius 2 is 1.39 bits per heavy atom. The molecule has 7 nitrogen and oxygen atoms in total. The third-order valence-electron chi connectivity index (χ3n) is 6.76. The van der Waals surface area contributed by atoms with Gasteiger partial charge in [0.25, 0.3) is 10.0 Å². The minimum atomic E-state index is -4.00. The Kier molecular flexibility index (Phi) is 6.80.